The summed E-state index contributed by atoms with van der Waals surface area (Å²) in [6.07, 6.45) is 1.50. The highest BCUT2D eigenvalue weighted by Crippen LogP contribution is 2.00. The molecule has 0 aromatic rings. The molecule has 5 heteroatoms. The van der Waals surface area contributed by atoms with Crippen molar-refractivity contribution in [1.82, 2.24) is 9.80 Å². The predicted octanol–water partition coefficient (Wildman–Crippen LogP) is 1.19. The van der Waals surface area contributed by atoms with Gasteiger partial charge in [0.2, 0.25) is 0 Å². The SMILES string of the molecule is C=CCN(CC(=O)O)C(=O)N(C)CC(=C)C. The Morgan fingerprint density at radius 1 is 1.38 bits per heavy atom. The van der Waals surface area contributed by atoms with E-state index in [1.165, 1.54) is 15.9 Å². The van der Waals surface area contributed by atoms with Crippen LogP contribution in [0.4, 0.5) is 4.79 Å². The van der Waals surface area contributed by atoms with E-state index in [0.717, 1.165) is 5.57 Å². The summed E-state index contributed by atoms with van der Waals surface area (Å²) >= 11 is 0. The van der Waals surface area contributed by atoms with Gasteiger partial charge in [0.05, 0.1) is 0 Å². The molecule has 90 valence electrons. The molecule has 0 aliphatic carbocycles. The van der Waals surface area contributed by atoms with Gasteiger partial charge in [-0.25, -0.2) is 4.79 Å². The normalized spacial score (nSPS) is 9.38. The summed E-state index contributed by atoms with van der Waals surface area (Å²) in [6, 6.07) is -0.342. The van der Waals surface area contributed by atoms with Crippen LogP contribution in [-0.2, 0) is 4.79 Å². The second-order valence-corrected chi connectivity index (χ2v) is 3.66. The monoisotopic (exact) mass is 226 g/mol. The summed E-state index contributed by atoms with van der Waals surface area (Å²) in [5.74, 6) is -1.04. The van der Waals surface area contributed by atoms with Gasteiger partial charge in [-0.15, -0.1) is 6.58 Å². The molecule has 0 aliphatic rings. The van der Waals surface area contributed by atoms with Crippen LogP contribution in [0.5, 0.6) is 0 Å². The number of rotatable bonds is 6. The minimum atomic E-state index is -1.04. The number of nitrogens with zero attached hydrogens (tertiary/aromatic N) is 2. The lowest BCUT2D eigenvalue weighted by Gasteiger charge is -2.26. The molecule has 16 heavy (non-hydrogen) atoms. The number of carbonyl (C=O) groups excluding carboxylic acids is 1. The van der Waals surface area contributed by atoms with Gasteiger partial charge in [0.1, 0.15) is 6.54 Å². The van der Waals surface area contributed by atoms with E-state index in [0.29, 0.717) is 6.54 Å². The molecule has 0 saturated heterocycles. The van der Waals surface area contributed by atoms with Gasteiger partial charge >= 0.3 is 12.0 Å². The van der Waals surface area contributed by atoms with Gasteiger partial charge < -0.3 is 14.9 Å². The average Bonchev–Trinajstić information content (AvgIpc) is 2.14. The Labute approximate surface area is 95.6 Å². The molecule has 0 unspecified atom stereocenters. The second-order valence-electron chi connectivity index (χ2n) is 3.66. The highest BCUT2D eigenvalue weighted by Gasteiger charge is 2.18. The Morgan fingerprint density at radius 3 is 2.31 bits per heavy atom. The van der Waals surface area contributed by atoms with Crippen LogP contribution in [-0.4, -0.2) is 53.6 Å². The fraction of sp³-hybridized carbons (Fsp3) is 0.455. The number of hydrogen-bond donors (Lipinski definition) is 1. The standard InChI is InChI=1S/C11H18N2O3/c1-5-6-13(8-10(14)15)11(16)12(4)7-9(2)3/h5H,1-2,6-8H2,3-4H3,(H,14,15). The largest absolute Gasteiger partial charge is 0.480 e. The molecule has 0 saturated carbocycles. The van der Waals surface area contributed by atoms with Crippen LogP contribution in [0.2, 0.25) is 0 Å². The number of carbonyl (C=O) groups is 2. The number of carboxylic acids is 1. The zero-order valence-corrected chi connectivity index (χ0v) is 9.77. The van der Waals surface area contributed by atoms with Crippen molar-refractivity contribution in [3.8, 4) is 0 Å². The zero-order chi connectivity index (χ0) is 12.7. The molecule has 0 rings (SSSR count). The maximum absolute atomic E-state index is 11.8. The first kappa shape index (κ1) is 14.2. The van der Waals surface area contributed by atoms with E-state index in [9.17, 15) is 9.59 Å². The minimum Gasteiger partial charge on any atom is -0.480 e. The van der Waals surface area contributed by atoms with E-state index < -0.39 is 5.97 Å². The highest BCUT2D eigenvalue weighted by molar-refractivity contribution is 5.80. The van der Waals surface area contributed by atoms with Crippen molar-refractivity contribution in [1.29, 1.82) is 0 Å². The third-order valence-electron chi connectivity index (χ3n) is 1.78. The third-order valence-corrected chi connectivity index (χ3v) is 1.78. The molecule has 2 amide bonds. The van der Waals surface area contributed by atoms with Gasteiger partial charge in [0.15, 0.2) is 0 Å². The highest BCUT2D eigenvalue weighted by atomic mass is 16.4. The van der Waals surface area contributed by atoms with Gasteiger partial charge in [-0.3, -0.25) is 4.79 Å². The Kier molecular flexibility index (Phi) is 5.92. The van der Waals surface area contributed by atoms with Gasteiger partial charge in [-0.2, -0.15) is 0 Å². The van der Waals surface area contributed by atoms with Crippen molar-refractivity contribution >= 4 is 12.0 Å². The summed E-state index contributed by atoms with van der Waals surface area (Å²) in [5.41, 5.74) is 0.838. The molecule has 0 radical (unpaired) electrons. The molecule has 0 bridgehead atoms. The smallest absolute Gasteiger partial charge is 0.323 e. The molecule has 5 nitrogen and oxygen atoms in total. The Bertz CT molecular complexity index is 300. The number of likely N-dealkylation sites (N-methyl/N-ethyl adjacent to an activating group) is 1. The summed E-state index contributed by atoms with van der Waals surface area (Å²) in [5, 5.41) is 8.66. The first-order chi connectivity index (χ1) is 7.38. The van der Waals surface area contributed by atoms with Gasteiger partial charge in [0, 0.05) is 20.1 Å². The Hall–Kier alpha value is -1.78. The van der Waals surface area contributed by atoms with E-state index in [-0.39, 0.29) is 19.1 Å². The number of amides is 2. The first-order valence-corrected chi connectivity index (χ1v) is 4.85. The van der Waals surface area contributed by atoms with Crippen molar-refractivity contribution in [2.24, 2.45) is 0 Å². The lowest BCUT2D eigenvalue weighted by molar-refractivity contribution is -0.137. The number of urea groups is 1. The molecule has 0 aromatic carbocycles. The maximum Gasteiger partial charge on any atom is 0.323 e. The molecule has 0 aromatic heterocycles. The second kappa shape index (κ2) is 6.66. The van der Waals surface area contributed by atoms with Crippen LogP contribution in [0, 0.1) is 0 Å². The van der Waals surface area contributed by atoms with Crippen LogP contribution in [0.1, 0.15) is 6.92 Å². The lowest BCUT2D eigenvalue weighted by Crippen LogP contribution is -2.44. The number of carboxylic acid groups (broad SMARTS) is 1. The van der Waals surface area contributed by atoms with Crippen molar-refractivity contribution in [2.75, 3.05) is 26.7 Å². The summed E-state index contributed by atoms with van der Waals surface area (Å²) in [6.45, 7) is 9.28. The van der Waals surface area contributed by atoms with Gasteiger partial charge in [0.25, 0.3) is 0 Å². The quantitative estimate of drug-likeness (QED) is 0.692. The van der Waals surface area contributed by atoms with Gasteiger partial charge in [-0.05, 0) is 6.92 Å². The molecule has 1 N–H and O–H groups in total. The number of hydrogen-bond acceptors (Lipinski definition) is 2. The third kappa shape index (κ3) is 5.19. The Morgan fingerprint density at radius 2 is 1.94 bits per heavy atom. The summed E-state index contributed by atoms with van der Waals surface area (Å²) < 4.78 is 0. The summed E-state index contributed by atoms with van der Waals surface area (Å²) in [4.78, 5) is 25.0. The van der Waals surface area contributed by atoms with E-state index >= 15 is 0 Å². The lowest BCUT2D eigenvalue weighted by atomic mass is 10.3. The van der Waals surface area contributed by atoms with Crippen molar-refractivity contribution in [3.05, 3.63) is 24.8 Å². The molecular formula is C11H18N2O3. The molecule has 0 fully saturated rings. The average molecular weight is 226 g/mol. The molecular weight excluding hydrogens is 208 g/mol. The fourth-order valence-electron chi connectivity index (χ4n) is 1.24. The van der Waals surface area contributed by atoms with E-state index in [1.54, 1.807) is 14.0 Å². The number of aliphatic carboxylic acids is 1. The summed E-state index contributed by atoms with van der Waals surface area (Å²) in [7, 11) is 1.61. The van der Waals surface area contributed by atoms with Crippen LogP contribution in [0.25, 0.3) is 0 Å². The van der Waals surface area contributed by atoms with E-state index in [1.807, 2.05) is 0 Å². The predicted molar refractivity (Wildman–Crippen MR) is 62.2 cm³/mol. The Balaban J connectivity index is 4.52. The first-order valence-electron chi connectivity index (χ1n) is 4.85. The zero-order valence-electron chi connectivity index (χ0n) is 9.77. The topological polar surface area (TPSA) is 60.9 Å². The van der Waals surface area contributed by atoms with Gasteiger partial charge in [-0.1, -0.05) is 18.2 Å². The fourth-order valence-corrected chi connectivity index (χ4v) is 1.24. The van der Waals surface area contributed by atoms with Crippen molar-refractivity contribution in [2.45, 2.75) is 6.92 Å². The molecule has 0 spiro atoms. The van der Waals surface area contributed by atoms with E-state index in [2.05, 4.69) is 13.2 Å². The van der Waals surface area contributed by atoms with Crippen LogP contribution in [0.3, 0.4) is 0 Å². The maximum atomic E-state index is 11.8. The molecule has 0 heterocycles. The van der Waals surface area contributed by atoms with Crippen LogP contribution in [0.15, 0.2) is 24.8 Å². The van der Waals surface area contributed by atoms with Crippen molar-refractivity contribution < 1.29 is 14.7 Å². The van der Waals surface area contributed by atoms with Crippen LogP contribution < -0.4 is 0 Å². The molecule has 0 atom stereocenters. The van der Waals surface area contributed by atoms with Crippen LogP contribution >= 0.6 is 0 Å². The minimum absolute atomic E-state index is 0.214. The molecule has 0 aliphatic heterocycles. The van der Waals surface area contributed by atoms with Crippen molar-refractivity contribution in [3.63, 3.8) is 0 Å². The van der Waals surface area contributed by atoms with E-state index in [4.69, 9.17) is 5.11 Å².